The van der Waals surface area contributed by atoms with E-state index in [1.165, 1.54) is 37.0 Å². The fourth-order valence-electron chi connectivity index (χ4n) is 2.49. The lowest BCUT2D eigenvalue weighted by Crippen LogP contribution is -2.21. The first kappa shape index (κ1) is 15.3. The largest absolute Gasteiger partial charge is 0.388 e. The monoisotopic (exact) mass is 249 g/mol. The van der Waals surface area contributed by atoms with Gasteiger partial charge in [0.15, 0.2) is 0 Å². The van der Waals surface area contributed by atoms with Crippen molar-refractivity contribution in [2.24, 2.45) is 17.3 Å². The van der Waals surface area contributed by atoms with Crippen LogP contribution >= 0.6 is 0 Å². The SMILES string of the molecule is C=C(NCC1CC1(C)CCC=C(C)C)C(C)CC. The smallest absolute Gasteiger partial charge is 0.0177 e. The van der Waals surface area contributed by atoms with E-state index in [2.05, 4.69) is 52.6 Å². The number of rotatable bonds is 8. The van der Waals surface area contributed by atoms with Crippen LogP contribution in [0.5, 0.6) is 0 Å². The van der Waals surface area contributed by atoms with Crippen LogP contribution in [0.3, 0.4) is 0 Å². The Bertz CT molecular complexity index is 312. The minimum Gasteiger partial charge on any atom is -0.388 e. The van der Waals surface area contributed by atoms with E-state index in [0.29, 0.717) is 11.3 Å². The molecule has 1 rings (SSSR count). The van der Waals surface area contributed by atoms with E-state index in [0.717, 1.165) is 12.5 Å². The van der Waals surface area contributed by atoms with Gasteiger partial charge in [-0.25, -0.2) is 0 Å². The quantitative estimate of drug-likeness (QED) is 0.603. The van der Waals surface area contributed by atoms with Crippen molar-refractivity contribution in [3.63, 3.8) is 0 Å². The Labute approximate surface area is 114 Å². The molecule has 104 valence electrons. The molecule has 1 saturated carbocycles. The van der Waals surface area contributed by atoms with Gasteiger partial charge in [0.1, 0.15) is 0 Å². The standard InChI is InChI=1S/C17H31N/c1-7-14(4)15(5)18-12-16-11-17(16,6)10-8-9-13(2)3/h9,14,16,18H,5,7-8,10-12H2,1-4,6H3. The second-order valence-corrected chi connectivity index (χ2v) is 6.59. The first-order chi connectivity index (χ1) is 8.39. The summed E-state index contributed by atoms with van der Waals surface area (Å²) in [4.78, 5) is 0. The van der Waals surface area contributed by atoms with Crippen LogP contribution in [-0.4, -0.2) is 6.54 Å². The molecule has 1 N–H and O–H groups in total. The van der Waals surface area contributed by atoms with Gasteiger partial charge < -0.3 is 5.32 Å². The van der Waals surface area contributed by atoms with Gasteiger partial charge in [-0.1, -0.05) is 39.0 Å². The van der Waals surface area contributed by atoms with Crippen LogP contribution < -0.4 is 5.32 Å². The second-order valence-electron chi connectivity index (χ2n) is 6.59. The normalized spacial score (nSPS) is 27.5. The molecule has 1 heteroatoms. The highest BCUT2D eigenvalue weighted by Gasteiger charge is 2.48. The molecule has 1 nitrogen and oxygen atoms in total. The lowest BCUT2D eigenvalue weighted by atomic mass is 9.98. The molecule has 0 aromatic heterocycles. The van der Waals surface area contributed by atoms with Gasteiger partial charge >= 0.3 is 0 Å². The Hall–Kier alpha value is -0.720. The average molecular weight is 249 g/mol. The molecule has 1 aliphatic rings. The van der Waals surface area contributed by atoms with Crippen molar-refractivity contribution in [2.75, 3.05) is 6.54 Å². The Balaban J connectivity index is 2.23. The fourth-order valence-corrected chi connectivity index (χ4v) is 2.49. The highest BCUT2D eigenvalue weighted by atomic mass is 14.9. The predicted molar refractivity (Wildman–Crippen MR) is 81.5 cm³/mol. The van der Waals surface area contributed by atoms with Crippen molar-refractivity contribution in [1.82, 2.24) is 5.32 Å². The number of hydrogen-bond acceptors (Lipinski definition) is 1. The molecule has 3 unspecified atom stereocenters. The first-order valence-corrected chi connectivity index (χ1v) is 7.45. The number of nitrogens with one attached hydrogen (secondary N) is 1. The highest BCUT2D eigenvalue weighted by molar-refractivity contribution is 5.05. The molecule has 0 aromatic rings. The molecule has 0 spiro atoms. The summed E-state index contributed by atoms with van der Waals surface area (Å²) in [5, 5.41) is 3.54. The molecule has 0 amide bonds. The van der Waals surface area contributed by atoms with E-state index < -0.39 is 0 Å². The average Bonchev–Trinajstić information content (AvgIpc) is 2.95. The van der Waals surface area contributed by atoms with E-state index in [-0.39, 0.29) is 0 Å². The first-order valence-electron chi connectivity index (χ1n) is 7.45. The Morgan fingerprint density at radius 2 is 2.17 bits per heavy atom. The van der Waals surface area contributed by atoms with Crippen molar-refractivity contribution in [3.05, 3.63) is 23.9 Å². The number of hydrogen-bond donors (Lipinski definition) is 1. The van der Waals surface area contributed by atoms with Crippen LogP contribution in [0.25, 0.3) is 0 Å². The molecule has 0 heterocycles. The third kappa shape index (κ3) is 4.51. The topological polar surface area (TPSA) is 12.0 Å². The Morgan fingerprint density at radius 1 is 1.50 bits per heavy atom. The lowest BCUT2D eigenvalue weighted by molar-refractivity contribution is 0.450. The maximum absolute atomic E-state index is 4.14. The van der Waals surface area contributed by atoms with E-state index in [4.69, 9.17) is 0 Å². The van der Waals surface area contributed by atoms with Crippen molar-refractivity contribution < 1.29 is 0 Å². The third-order valence-electron chi connectivity index (χ3n) is 4.59. The lowest BCUT2D eigenvalue weighted by Gasteiger charge is -2.16. The van der Waals surface area contributed by atoms with E-state index in [1.54, 1.807) is 0 Å². The van der Waals surface area contributed by atoms with Gasteiger partial charge in [-0.05, 0) is 56.8 Å². The zero-order valence-electron chi connectivity index (χ0n) is 13.0. The van der Waals surface area contributed by atoms with Crippen molar-refractivity contribution in [2.45, 2.75) is 60.3 Å². The van der Waals surface area contributed by atoms with Gasteiger partial charge in [-0.2, -0.15) is 0 Å². The summed E-state index contributed by atoms with van der Waals surface area (Å²) in [6, 6.07) is 0. The maximum Gasteiger partial charge on any atom is 0.0177 e. The highest BCUT2D eigenvalue weighted by Crippen LogP contribution is 2.55. The maximum atomic E-state index is 4.14. The van der Waals surface area contributed by atoms with Crippen LogP contribution in [-0.2, 0) is 0 Å². The third-order valence-corrected chi connectivity index (χ3v) is 4.59. The second kappa shape index (κ2) is 6.45. The van der Waals surface area contributed by atoms with Gasteiger partial charge in [0.05, 0.1) is 0 Å². The molecule has 0 aliphatic heterocycles. The van der Waals surface area contributed by atoms with Crippen molar-refractivity contribution in [3.8, 4) is 0 Å². The molecular weight excluding hydrogens is 218 g/mol. The van der Waals surface area contributed by atoms with Crippen molar-refractivity contribution in [1.29, 1.82) is 0 Å². The fraction of sp³-hybridized carbons (Fsp3) is 0.765. The molecule has 0 saturated heterocycles. The summed E-state index contributed by atoms with van der Waals surface area (Å²) in [6.45, 7) is 16.5. The Kier molecular flexibility index (Phi) is 5.49. The molecule has 1 aliphatic carbocycles. The van der Waals surface area contributed by atoms with Crippen LogP contribution in [0.1, 0.15) is 60.3 Å². The van der Waals surface area contributed by atoms with Gasteiger partial charge in [0.25, 0.3) is 0 Å². The predicted octanol–water partition coefficient (Wildman–Crippen LogP) is 4.91. The zero-order chi connectivity index (χ0) is 13.8. The van der Waals surface area contributed by atoms with E-state index >= 15 is 0 Å². The summed E-state index contributed by atoms with van der Waals surface area (Å²) in [6.07, 6.45) is 7.49. The van der Waals surface area contributed by atoms with Gasteiger partial charge in [0.2, 0.25) is 0 Å². The van der Waals surface area contributed by atoms with Crippen LogP contribution in [0.2, 0.25) is 0 Å². The van der Waals surface area contributed by atoms with Crippen LogP contribution in [0.15, 0.2) is 23.9 Å². The summed E-state index contributed by atoms with van der Waals surface area (Å²) < 4.78 is 0. The molecule has 0 bridgehead atoms. The molecule has 18 heavy (non-hydrogen) atoms. The Morgan fingerprint density at radius 3 is 2.72 bits per heavy atom. The van der Waals surface area contributed by atoms with E-state index in [1.807, 2.05) is 0 Å². The minimum absolute atomic E-state index is 0.578. The molecule has 0 radical (unpaired) electrons. The van der Waals surface area contributed by atoms with E-state index in [9.17, 15) is 0 Å². The summed E-state index contributed by atoms with van der Waals surface area (Å²) in [7, 11) is 0. The number of allylic oxidation sites excluding steroid dienone is 3. The zero-order valence-corrected chi connectivity index (χ0v) is 13.0. The summed E-state index contributed by atoms with van der Waals surface area (Å²) in [5.41, 5.74) is 3.24. The van der Waals surface area contributed by atoms with Gasteiger partial charge in [0, 0.05) is 12.2 Å². The summed E-state index contributed by atoms with van der Waals surface area (Å²) in [5.74, 6) is 1.45. The van der Waals surface area contributed by atoms with Gasteiger partial charge in [-0.3, -0.25) is 0 Å². The van der Waals surface area contributed by atoms with Gasteiger partial charge in [-0.15, -0.1) is 0 Å². The van der Waals surface area contributed by atoms with Crippen LogP contribution in [0, 0.1) is 17.3 Å². The van der Waals surface area contributed by atoms with Crippen molar-refractivity contribution >= 4 is 0 Å². The summed E-state index contributed by atoms with van der Waals surface area (Å²) >= 11 is 0. The molecule has 0 aromatic carbocycles. The molecule has 3 atom stereocenters. The van der Waals surface area contributed by atoms with Crippen LogP contribution in [0.4, 0.5) is 0 Å². The minimum atomic E-state index is 0.578. The molecule has 1 fully saturated rings. The molecular formula is C17H31N.